The van der Waals surface area contributed by atoms with Crippen LogP contribution < -0.4 is 0 Å². The summed E-state index contributed by atoms with van der Waals surface area (Å²) in [7, 11) is 0. The van der Waals surface area contributed by atoms with Crippen LogP contribution in [-0.4, -0.2) is 40.7 Å². The van der Waals surface area contributed by atoms with Gasteiger partial charge in [-0.05, 0) is 29.4 Å². The fourth-order valence-corrected chi connectivity index (χ4v) is 3.41. The minimum absolute atomic E-state index is 0.0440. The van der Waals surface area contributed by atoms with E-state index in [-0.39, 0.29) is 11.1 Å². The fraction of sp³-hybridized carbons (Fsp3) is 0.429. The molecular formula is C28H37IO6. The van der Waals surface area contributed by atoms with Crippen molar-refractivity contribution in [1.82, 2.24) is 0 Å². The van der Waals surface area contributed by atoms with Crippen LogP contribution in [0.2, 0.25) is 0 Å². The first kappa shape index (κ1) is 32.5. The third-order valence-corrected chi connectivity index (χ3v) is 5.61. The van der Waals surface area contributed by atoms with Crippen LogP contribution >= 0.6 is 22.6 Å². The topological polar surface area (TPSA) is 97.7 Å². The van der Waals surface area contributed by atoms with Crippen LogP contribution in [0.25, 0.3) is 0 Å². The second kappa shape index (κ2) is 21.9. The van der Waals surface area contributed by atoms with Crippen molar-refractivity contribution in [2.75, 3.05) is 11.0 Å². The summed E-state index contributed by atoms with van der Waals surface area (Å²) in [5.74, 6) is -1.49. The van der Waals surface area contributed by atoms with Crippen molar-refractivity contribution in [1.29, 1.82) is 0 Å². The van der Waals surface area contributed by atoms with Gasteiger partial charge in [-0.1, -0.05) is 111 Å². The number of carboxylic acids is 1. The number of hydrogen-bond acceptors (Lipinski definition) is 5. The molecule has 0 unspecified atom stereocenters. The van der Waals surface area contributed by atoms with Gasteiger partial charge in [-0.25, -0.2) is 9.59 Å². The van der Waals surface area contributed by atoms with Gasteiger partial charge >= 0.3 is 11.9 Å². The van der Waals surface area contributed by atoms with Crippen LogP contribution in [0.15, 0.2) is 48.5 Å². The molecule has 0 aromatic heterocycles. The average Bonchev–Trinajstić information content (AvgIpc) is 2.89. The Morgan fingerprint density at radius 2 is 1.26 bits per heavy atom. The van der Waals surface area contributed by atoms with Gasteiger partial charge < -0.3 is 9.84 Å². The number of aromatic carboxylic acids is 1. The molecule has 0 radical (unpaired) electrons. The summed E-state index contributed by atoms with van der Waals surface area (Å²) < 4.78 is 6.45. The van der Waals surface area contributed by atoms with E-state index in [1.165, 1.54) is 42.2 Å². The number of carbonyl (C=O) groups excluding carboxylic acids is 3. The lowest BCUT2D eigenvalue weighted by Gasteiger charge is -2.06. The predicted octanol–water partition coefficient (Wildman–Crippen LogP) is 7.44. The van der Waals surface area contributed by atoms with Crippen LogP contribution in [0.4, 0.5) is 0 Å². The van der Waals surface area contributed by atoms with Gasteiger partial charge in [-0.15, -0.1) is 0 Å². The van der Waals surface area contributed by atoms with Crippen LogP contribution in [0, 0.1) is 0 Å². The number of rotatable bonds is 13. The maximum absolute atomic E-state index is 11.7. The van der Waals surface area contributed by atoms with Gasteiger partial charge in [0.25, 0.3) is 0 Å². The molecule has 0 fully saturated rings. The number of aldehydes is 2. The zero-order valence-electron chi connectivity index (χ0n) is 20.7. The number of unbranched alkanes of at least 4 members (excludes halogenated alkanes) is 6. The summed E-state index contributed by atoms with van der Waals surface area (Å²) in [6, 6.07) is 12.7. The summed E-state index contributed by atoms with van der Waals surface area (Å²) in [6.45, 7) is 4.80. The Balaban J connectivity index is 0.000000550. The second-order valence-corrected chi connectivity index (χ2v) is 8.74. The van der Waals surface area contributed by atoms with E-state index in [0.717, 1.165) is 25.7 Å². The summed E-state index contributed by atoms with van der Waals surface area (Å²) in [5.41, 5.74) is 0.978. The first-order valence-electron chi connectivity index (χ1n) is 12.0. The highest BCUT2D eigenvalue weighted by molar-refractivity contribution is 14.1. The second-order valence-electron chi connectivity index (χ2n) is 7.66. The van der Waals surface area contributed by atoms with E-state index < -0.39 is 11.9 Å². The molecule has 0 saturated carbocycles. The molecule has 0 atom stereocenters. The molecule has 0 aliphatic carbocycles. The zero-order valence-corrected chi connectivity index (χ0v) is 22.9. The Labute approximate surface area is 222 Å². The number of carbonyl (C=O) groups is 4. The lowest BCUT2D eigenvalue weighted by Crippen LogP contribution is -2.09. The van der Waals surface area contributed by atoms with Crippen molar-refractivity contribution in [3.05, 3.63) is 70.8 Å². The molecule has 35 heavy (non-hydrogen) atoms. The van der Waals surface area contributed by atoms with Gasteiger partial charge in [0.1, 0.15) is 0 Å². The van der Waals surface area contributed by atoms with E-state index in [2.05, 4.69) is 36.4 Å². The SMILES string of the molecule is CCCCCCI.CCCCCCOC(=O)c1ccccc1C=O.O=Cc1ccccc1C(=O)O. The summed E-state index contributed by atoms with van der Waals surface area (Å²) >= 11 is 2.43. The Morgan fingerprint density at radius 3 is 1.71 bits per heavy atom. The first-order chi connectivity index (χ1) is 17.0. The van der Waals surface area contributed by atoms with E-state index in [1.807, 2.05) is 0 Å². The van der Waals surface area contributed by atoms with Crippen molar-refractivity contribution in [2.45, 2.75) is 65.2 Å². The summed E-state index contributed by atoms with van der Waals surface area (Å²) in [6.07, 6.45) is 11.1. The number of halogens is 1. The molecule has 0 aliphatic rings. The summed E-state index contributed by atoms with van der Waals surface area (Å²) in [4.78, 5) is 43.1. The molecule has 192 valence electrons. The molecule has 0 heterocycles. The van der Waals surface area contributed by atoms with Gasteiger partial charge in [0.05, 0.1) is 17.7 Å². The maximum Gasteiger partial charge on any atom is 0.338 e. The summed E-state index contributed by atoms with van der Waals surface area (Å²) in [5, 5.41) is 8.54. The van der Waals surface area contributed by atoms with Gasteiger partial charge in [0.15, 0.2) is 12.6 Å². The van der Waals surface area contributed by atoms with Gasteiger partial charge in [0.2, 0.25) is 0 Å². The Morgan fingerprint density at radius 1 is 0.771 bits per heavy atom. The van der Waals surface area contributed by atoms with Crippen molar-refractivity contribution < 1.29 is 29.0 Å². The van der Waals surface area contributed by atoms with E-state index in [4.69, 9.17) is 9.84 Å². The lowest BCUT2D eigenvalue weighted by molar-refractivity contribution is 0.0495. The molecule has 2 rings (SSSR count). The molecule has 0 bridgehead atoms. The highest BCUT2D eigenvalue weighted by atomic mass is 127. The van der Waals surface area contributed by atoms with E-state index >= 15 is 0 Å². The monoisotopic (exact) mass is 596 g/mol. The first-order valence-corrected chi connectivity index (χ1v) is 13.5. The van der Waals surface area contributed by atoms with Gasteiger partial charge in [0, 0.05) is 11.1 Å². The third-order valence-electron chi connectivity index (χ3n) is 4.84. The van der Waals surface area contributed by atoms with Crippen molar-refractivity contribution >= 4 is 47.1 Å². The minimum atomic E-state index is -1.08. The van der Waals surface area contributed by atoms with Gasteiger partial charge in [-0.3, -0.25) is 9.59 Å². The molecule has 6 nitrogen and oxygen atoms in total. The van der Waals surface area contributed by atoms with Crippen molar-refractivity contribution in [3.8, 4) is 0 Å². The number of alkyl halides is 1. The third kappa shape index (κ3) is 15.1. The molecule has 2 aromatic carbocycles. The molecule has 0 aliphatic heterocycles. The van der Waals surface area contributed by atoms with Crippen LogP contribution in [0.5, 0.6) is 0 Å². The minimum Gasteiger partial charge on any atom is -0.478 e. The normalized spacial score (nSPS) is 9.57. The largest absolute Gasteiger partial charge is 0.478 e. The van der Waals surface area contributed by atoms with Crippen LogP contribution in [-0.2, 0) is 4.74 Å². The van der Waals surface area contributed by atoms with Crippen molar-refractivity contribution in [3.63, 3.8) is 0 Å². The predicted molar refractivity (Wildman–Crippen MR) is 148 cm³/mol. The quantitative estimate of drug-likeness (QED) is 0.0849. The number of carboxylic acid groups (broad SMARTS) is 1. The Bertz CT molecular complexity index is 877. The molecule has 7 heteroatoms. The average molecular weight is 597 g/mol. The fourth-order valence-electron chi connectivity index (χ4n) is 2.87. The van der Waals surface area contributed by atoms with E-state index in [9.17, 15) is 19.2 Å². The van der Waals surface area contributed by atoms with Gasteiger partial charge in [-0.2, -0.15) is 0 Å². The molecule has 0 saturated heterocycles. The zero-order chi connectivity index (χ0) is 26.3. The highest BCUT2D eigenvalue weighted by Crippen LogP contribution is 2.09. The smallest absolute Gasteiger partial charge is 0.338 e. The molecule has 1 N–H and O–H groups in total. The highest BCUT2D eigenvalue weighted by Gasteiger charge is 2.11. The standard InChI is InChI=1S/C14H18O3.C8H6O3.C6H13I/c1-2-3-4-7-10-17-14(16)13-9-6-5-8-12(13)11-15;9-5-6-3-1-2-4-7(6)8(10)11;1-2-3-4-5-6-7/h5-6,8-9,11H,2-4,7,10H2,1H3;1-5H,(H,10,11);2-6H2,1H3. The molecule has 0 spiro atoms. The lowest BCUT2D eigenvalue weighted by atomic mass is 10.1. The van der Waals surface area contributed by atoms with Crippen LogP contribution in [0.1, 0.15) is 107 Å². The Hall–Kier alpha value is -2.55. The Kier molecular flexibility index (Phi) is 20.3. The number of hydrogen-bond donors (Lipinski definition) is 1. The van der Waals surface area contributed by atoms with Crippen LogP contribution in [0.3, 0.4) is 0 Å². The maximum atomic E-state index is 11.7. The number of benzene rings is 2. The number of ether oxygens (including phenoxy) is 1. The van der Waals surface area contributed by atoms with Crippen molar-refractivity contribution in [2.24, 2.45) is 0 Å². The van der Waals surface area contributed by atoms with E-state index in [0.29, 0.717) is 30.3 Å². The molecular weight excluding hydrogens is 559 g/mol. The number of esters is 1. The van der Waals surface area contributed by atoms with E-state index in [1.54, 1.807) is 36.4 Å². The molecule has 0 amide bonds. The molecule has 2 aromatic rings.